The summed E-state index contributed by atoms with van der Waals surface area (Å²) in [6.07, 6.45) is 5.15. The molecule has 2 aliphatic rings. The third-order valence-corrected chi connectivity index (χ3v) is 6.21. The molecule has 9 heteroatoms. The van der Waals surface area contributed by atoms with Crippen LogP contribution < -0.4 is 14.8 Å². The molecule has 0 unspecified atom stereocenters. The van der Waals surface area contributed by atoms with E-state index in [1.165, 1.54) is 24.2 Å². The van der Waals surface area contributed by atoms with E-state index in [4.69, 9.17) is 9.47 Å². The Kier molecular flexibility index (Phi) is 5.27. The lowest BCUT2D eigenvalue weighted by Crippen LogP contribution is -2.40. The number of halogens is 1. The number of hydrogen-bond acceptors (Lipinski definition) is 6. The van der Waals surface area contributed by atoms with Gasteiger partial charge in [0.25, 0.3) is 5.79 Å². The van der Waals surface area contributed by atoms with Crippen molar-refractivity contribution in [2.75, 3.05) is 11.1 Å². The molecule has 3 aromatic rings. The van der Waals surface area contributed by atoms with Gasteiger partial charge in [-0.3, -0.25) is 9.89 Å². The van der Waals surface area contributed by atoms with E-state index >= 15 is 0 Å². The fraction of sp³-hybridized carbons (Fsp3) is 0.318. The van der Waals surface area contributed by atoms with Gasteiger partial charge >= 0.3 is 0 Å². The normalized spacial score (nSPS) is 16.4. The van der Waals surface area contributed by atoms with Crippen LogP contribution in [0.2, 0.25) is 0 Å². The fourth-order valence-corrected chi connectivity index (χ4v) is 4.48. The molecule has 7 nitrogen and oxygen atoms in total. The van der Waals surface area contributed by atoms with Crippen molar-refractivity contribution in [2.45, 2.75) is 43.0 Å². The highest BCUT2D eigenvalue weighted by Crippen LogP contribution is 2.46. The molecule has 160 valence electrons. The van der Waals surface area contributed by atoms with Gasteiger partial charge in [-0.1, -0.05) is 30.3 Å². The Hall–Kier alpha value is -3.07. The third kappa shape index (κ3) is 4.23. The SMILES string of the molecule is O=C(CSc1n[nH]c(-c2ccccc2F)n1)Nc1ccc2c(c1)OC1(CCCCC1)O2. The molecule has 1 spiro atoms. The Labute approximate surface area is 182 Å². The number of aromatic amines is 1. The quantitative estimate of drug-likeness (QED) is 0.556. The molecular formula is C22H21FN4O3S. The number of amides is 1. The van der Waals surface area contributed by atoms with Crippen LogP contribution in [0.3, 0.4) is 0 Å². The van der Waals surface area contributed by atoms with Gasteiger partial charge in [0.2, 0.25) is 11.1 Å². The fourth-order valence-electron chi connectivity index (χ4n) is 3.88. The lowest BCUT2D eigenvalue weighted by molar-refractivity contribution is -0.113. The number of thioether (sulfide) groups is 1. The third-order valence-electron chi connectivity index (χ3n) is 5.36. The standard InChI is InChI=1S/C22H21FN4O3S/c23-16-7-3-2-6-15(16)20-25-21(27-26-20)31-13-19(28)24-14-8-9-17-18(12-14)30-22(29-17)10-4-1-5-11-22/h2-3,6-9,12H,1,4-5,10-11,13H2,(H,24,28)(H,25,26,27). The van der Waals surface area contributed by atoms with Crippen LogP contribution >= 0.6 is 11.8 Å². The smallest absolute Gasteiger partial charge is 0.251 e. The van der Waals surface area contributed by atoms with Gasteiger partial charge in [0.05, 0.1) is 11.3 Å². The minimum Gasteiger partial charge on any atom is -0.448 e. The molecule has 1 fully saturated rings. The van der Waals surface area contributed by atoms with Crippen LogP contribution in [0.15, 0.2) is 47.6 Å². The number of hydrogen-bond donors (Lipinski definition) is 2. The van der Waals surface area contributed by atoms with Crippen molar-refractivity contribution in [3.05, 3.63) is 48.3 Å². The number of carbonyl (C=O) groups is 1. The average molecular weight is 441 g/mol. The summed E-state index contributed by atoms with van der Waals surface area (Å²) >= 11 is 1.17. The number of H-pyrrole nitrogens is 1. The lowest BCUT2D eigenvalue weighted by Gasteiger charge is -2.31. The summed E-state index contributed by atoms with van der Waals surface area (Å²) in [6.45, 7) is 0. The maximum atomic E-state index is 13.9. The molecule has 2 heterocycles. The van der Waals surface area contributed by atoms with Crippen molar-refractivity contribution in [1.29, 1.82) is 0 Å². The van der Waals surface area contributed by atoms with Gasteiger partial charge in [0.15, 0.2) is 17.3 Å². The van der Waals surface area contributed by atoms with Crippen molar-refractivity contribution in [2.24, 2.45) is 0 Å². The largest absolute Gasteiger partial charge is 0.448 e. The highest BCUT2D eigenvalue weighted by atomic mass is 32.2. The lowest BCUT2D eigenvalue weighted by atomic mass is 9.94. The number of nitrogens with one attached hydrogen (secondary N) is 2. The minimum atomic E-state index is -0.541. The second kappa shape index (κ2) is 8.22. The highest BCUT2D eigenvalue weighted by molar-refractivity contribution is 7.99. The molecule has 2 N–H and O–H groups in total. The second-order valence-electron chi connectivity index (χ2n) is 7.62. The van der Waals surface area contributed by atoms with Gasteiger partial charge < -0.3 is 14.8 Å². The average Bonchev–Trinajstić information content (AvgIpc) is 3.37. The zero-order valence-electron chi connectivity index (χ0n) is 16.7. The Morgan fingerprint density at radius 2 is 1.94 bits per heavy atom. The topological polar surface area (TPSA) is 89.1 Å². The van der Waals surface area contributed by atoms with Gasteiger partial charge in [0, 0.05) is 24.6 Å². The molecule has 1 saturated carbocycles. The van der Waals surface area contributed by atoms with E-state index in [1.54, 1.807) is 30.3 Å². The van der Waals surface area contributed by atoms with E-state index < -0.39 is 5.79 Å². The summed E-state index contributed by atoms with van der Waals surface area (Å²) in [5, 5.41) is 9.99. The molecule has 0 bridgehead atoms. The molecule has 1 aliphatic heterocycles. The van der Waals surface area contributed by atoms with Gasteiger partial charge in [0.1, 0.15) is 5.82 Å². The van der Waals surface area contributed by atoms with Crippen LogP contribution in [0.25, 0.3) is 11.4 Å². The number of benzene rings is 2. The highest BCUT2D eigenvalue weighted by Gasteiger charge is 2.42. The number of aromatic nitrogens is 3. The summed E-state index contributed by atoms with van der Waals surface area (Å²) in [5.41, 5.74) is 0.977. The van der Waals surface area contributed by atoms with E-state index in [-0.39, 0.29) is 17.5 Å². The van der Waals surface area contributed by atoms with Crippen LogP contribution in [-0.4, -0.2) is 32.6 Å². The molecule has 2 aromatic carbocycles. The number of carbonyl (C=O) groups excluding carboxylic acids is 1. The van der Waals surface area contributed by atoms with Crippen LogP contribution in [0, 0.1) is 5.82 Å². The summed E-state index contributed by atoms with van der Waals surface area (Å²) in [4.78, 5) is 16.6. The predicted molar refractivity (Wildman–Crippen MR) is 115 cm³/mol. The number of fused-ring (bicyclic) bond motifs is 1. The van der Waals surface area contributed by atoms with Crippen LogP contribution in [0.1, 0.15) is 32.1 Å². The van der Waals surface area contributed by atoms with Crippen molar-refractivity contribution in [3.8, 4) is 22.9 Å². The minimum absolute atomic E-state index is 0.118. The summed E-state index contributed by atoms with van der Waals surface area (Å²) < 4.78 is 26.0. The molecule has 1 amide bonds. The molecular weight excluding hydrogens is 419 g/mol. The van der Waals surface area contributed by atoms with E-state index in [1.807, 2.05) is 6.07 Å². The van der Waals surface area contributed by atoms with Crippen LogP contribution in [0.5, 0.6) is 11.5 Å². The Morgan fingerprint density at radius 3 is 2.77 bits per heavy atom. The van der Waals surface area contributed by atoms with Gasteiger partial charge in [-0.05, 0) is 37.1 Å². The molecule has 0 atom stereocenters. The first-order valence-electron chi connectivity index (χ1n) is 10.2. The zero-order chi connectivity index (χ0) is 21.3. The Bertz CT molecular complexity index is 1110. The monoisotopic (exact) mass is 440 g/mol. The predicted octanol–water partition coefficient (Wildman–Crippen LogP) is 4.77. The van der Waals surface area contributed by atoms with Crippen molar-refractivity contribution in [1.82, 2.24) is 15.2 Å². The molecule has 1 aromatic heterocycles. The van der Waals surface area contributed by atoms with E-state index in [2.05, 4.69) is 20.5 Å². The first-order valence-corrected chi connectivity index (χ1v) is 11.2. The van der Waals surface area contributed by atoms with E-state index in [0.29, 0.717) is 28.0 Å². The van der Waals surface area contributed by atoms with E-state index in [0.717, 1.165) is 31.4 Å². The zero-order valence-corrected chi connectivity index (χ0v) is 17.5. The maximum Gasteiger partial charge on any atom is 0.251 e. The van der Waals surface area contributed by atoms with Crippen molar-refractivity contribution in [3.63, 3.8) is 0 Å². The Balaban J connectivity index is 1.18. The summed E-state index contributed by atoms with van der Waals surface area (Å²) in [7, 11) is 0. The first-order chi connectivity index (χ1) is 15.1. The Morgan fingerprint density at radius 1 is 1.13 bits per heavy atom. The summed E-state index contributed by atoms with van der Waals surface area (Å²) in [5.74, 6) is 0.701. The number of anilines is 1. The van der Waals surface area contributed by atoms with Gasteiger partial charge in [-0.2, -0.15) is 0 Å². The van der Waals surface area contributed by atoms with Crippen molar-refractivity contribution < 1.29 is 18.7 Å². The second-order valence-corrected chi connectivity index (χ2v) is 8.56. The van der Waals surface area contributed by atoms with Crippen LogP contribution in [0.4, 0.5) is 10.1 Å². The van der Waals surface area contributed by atoms with E-state index in [9.17, 15) is 9.18 Å². The van der Waals surface area contributed by atoms with Crippen LogP contribution in [-0.2, 0) is 4.79 Å². The van der Waals surface area contributed by atoms with Gasteiger partial charge in [-0.15, -0.1) is 5.10 Å². The number of rotatable bonds is 5. The maximum absolute atomic E-state index is 13.9. The number of nitrogens with zero attached hydrogens (tertiary/aromatic N) is 2. The molecule has 31 heavy (non-hydrogen) atoms. The van der Waals surface area contributed by atoms with Crippen molar-refractivity contribution >= 4 is 23.4 Å². The molecule has 0 radical (unpaired) electrons. The first kappa shape index (κ1) is 19.9. The summed E-state index contributed by atoms with van der Waals surface area (Å²) in [6, 6.07) is 11.7. The molecule has 5 rings (SSSR count). The van der Waals surface area contributed by atoms with Gasteiger partial charge in [-0.25, -0.2) is 9.37 Å². The molecule has 1 aliphatic carbocycles. The number of ether oxygens (including phenoxy) is 2. The molecule has 0 saturated heterocycles.